The highest BCUT2D eigenvalue weighted by Gasteiger charge is 2.45. The number of hydrogen-bond acceptors (Lipinski definition) is 4. The first-order chi connectivity index (χ1) is 12.3. The number of aryl methyl sites for hydroxylation is 1. The topological polar surface area (TPSA) is 61.6 Å². The highest BCUT2D eigenvalue weighted by atomic mass is 17.0. The number of nitrogens with zero attached hydrogens (tertiary/aromatic N) is 1. The third-order valence-corrected chi connectivity index (χ3v) is 5.75. The highest BCUT2D eigenvalue weighted by Crippen LogP contribution is 2.53. The Morgan fingerprint density at radius 2 is 2.12 bits per heavy atom. The van der Waals surface area contributed by atoms with Gasteiger partial charge < -0.3 is 4.74 Å². The molecule has 0 unspecified atom stereocenters. The first-order valence-corrected chi connectivity index (χ1v) is 9.67. The van der Waals surface area contributed by atoms with Crippen LogP contribution in [0, 0.1) is 16.0 Å². The van der Waals surface area contributed by atoms with E-state index in [2.05, 4.69) is 39.8 Å². The quantitative estimate of drug-likeness (QED) is 0.287. The third-order valence-electron chi connectivity index (χ3n) is 5.75. The average molecular weight is 359 g/mol. The lowest BCUT2D eigenvalue weighted by Crippen LogP contribution is -2.45. The standard InChI is InChI=1S/C21H29NO4/c1-5-6-7-8-15-12-18-20(19(13-15)26-22(23)24)16-11-14(2)9-10-17(16)21(3,4)25-18/h11-13,16-17H,5-10H2,1-4H3/t16-,17-/m1/s1. The van der Waals surface area contributed by atoms with Crippen molar-refractivity contribution in [1.29, 1.82) is 0 Å². The van der Waals surface area contributed by atoms with E-state index in [0.717, 1.165) is 55.4 Å². The number of unbranched alkanes of at least 4 members (excludes halogenated alkanes) is 2. The fraction of sp³-hybridized carbons (Fsp3) is 0.619. The molecule has 0 spiro atoms. The molecule has 0 amide bonds. The maximum absolute atomic E-state index is 11.1. The Morgan fingerprint density at radius 3 is 2.81 bits per heavy atom. The molecule has 1 aromatic carbocycles. The molecular formula is C21H29NO4. The molecule has 1 aliphatic heterocycles. The van der Waals surface area contributed by atoms with Crippen molar-refractivity contribution in [3.05, 3.63) is 45.0 Å². The monoisotopic (exact) mass is 359 g/mol. The van der Waals surface area contributed by atoms with Gasteiger partial charge in [0.1, 0.15) is 17.1 Å². The van der Waals surface area contributed by atoms with Crippen LogP contribution in [0.5, 0.6) is 11.5 Å². The molecule has 5 nitrogen and oxygen atoms in total. The predicted molar refractivity (Wildman–Crippen MR) is 101 cm³/mol. The lowest BCUT2D eigenvalue weighted by Gasteiger charge is -2.46. The van der Waals surface area contributed by atoms with Crippen molar-refractivity contribution in [2.75, 3.05) is 0 Å². The number of ether oxygens (including phenoxy) is 1. The molecule has 1 aliphatic carbocycles. The number of fused-ring (bicyclic) bond motifs is 3. The van der Waals surface area contributed by atoms with Gasteiger partial charge in [-0.2, -0.15) is 0 Å². The van der Waals surface area contributed by atoms with E-state index in [1.807, 2.05) is 6.07 Å². The Hall–Kier alpha value is -2.04. The SMILES string of the molecule is CCCCCc1cc(O[N+](=O)[O-])c2c(c1)OC(C)(C)[C@@H]1CCC(C)=C[C@@H]21. The number of benzene rings is 1. The maximum atomic E-state index is 11.1. The summed E-state index contributed by atoms with van der Waals surface area (Å²) in [6.45, 7) is 8.54. The second kappa shape index (κ2) is 7.29. The molecule has 0 bridgehead atoms. The molecule has 5 heteroatoms. The molecule has 0 N–H and O–H groups in total. The number of allylic oxidation sites excluding steroid dienone is 2. The molecule has 0 saturated carbocycles. The summed E-state index contributed by atoms with van der Waals surface area (Å²) in [7, 11) is 0. The summed E-state index contributed by atoms with van der Waals surface area (Å²) in [6.07, 6.45) is 8.53. The van der Waals surface area contributed by atoms with E-state index in [9.17, 15) is 10.1 Å². The second-order valence-corrected chi connectivity index (χ2v) is 8.17. The van der Waals surface area contributed by atoms with Crippen LogP contribution in [-0.2, 0) is 6.42 Å². The smallest absolute Gasteiger partial charge is 0.299 e. The van der Waals surface area contributed by atoms with Crippen molar-refractivity contribution in [3.8, 4) is 11.5 Å². The summed E-state index contributed by atoms with van der Waals surface area (Å²) in [5, 5.41) is 10.4. The Morgan fingerprint density at radius 1 is 1.35 bits per heavy atom. The van der Waals surface area contributed by atoms with Crippen LogP contribution >= 0.6 is 0 Å². The molecule has 1 aromatic rings. The largest absolute Gasteiger partial charge is 0.487 e. The van der Waals surface area contributed by atoms with E-state index < -0.39 is 5.09 Å². The van der Waals surface area contributed by atoms with Gasteiger partial charge in [0, 0.05) is 17.4 Å². The molecule has 142 valence electrons. The van der Waals surface area contributed by atoms with E-state index in [-0.39, 0.29) is 11.5 Å². The Bertz CT molecular complexity index is 723. The zero-order valence-electron chi connectivity index (χ0n) is 16.2. The fourth-order valence-electron chi connectivity index (χ4n) is 4.44. The van der Waals surface area contributed by atoms with Crippen molar-refractivity contribution in [1.82, 2.24) is 0 Å². The Labute approximate surface area is 155 Å². The van der Waals surface area contributed by atoms with Gasteiger partial charge in [-0.1, -0.05) is 31.4 Å². The highest BCUT2D eigenvalue weighted by molar-refractivity contribution is 5.54. The van der Waals surface area contributed by atoms with Gasteiger partial charge in [-0.25, -0.2) is 0 Å². The second-order valence-electron chi connectivity index (χ2n) is 8.17. The lowest BCUT2D eigenvalue weighted by molar-refractivity contribution is -0.711. The van der Waals surface area contributed by atoms with E-state index in [0.29, 0.717) is 11.7 Å². The number of rotatable bonds is 6. The van der Waals surface area contributed by atoms with Gasteiger partial charge in [-0.05, 0) is 64.2 Å². The first-order valence-electron chi connectivity index (χ1n) is 9.67. The molecule has 2 aliphatic rings. The Kier molecular flexibility index (Phi) is 5.26. The lowest BCUT2D eigenvalue weighted by atomic mass is 9.68. The van der Waals surface area contributed by atoms with Crippen molar-refractivity contribution in [2.24, 2.45) is 5.92 Å². The maximum Gasteiger partial charge on any atom is 0.299 e. The van der Waals surface area contributed by atoms with Crippen LogP contribution in [-0.4, -0.2) is 10.7 Å². The minimum Gasteiger partial charge on any atom is -0.487 e. The van der Waals surface area contributed by atoms with Crippen LogP contribution in [0.1, 0.15) is 76.8 Å². The van der Waals surface area contributed by atoms with Gasteiger partial charge in [0.25, 0.3) is 5.09 Å². The zero-order chi connectivity index (χ0) is 18.9. The van der Waals surface area contributed by atoms with Gasteiger partial charge >= 0.3 is 0 Å². The molecule has 0 radical (unpaired) electrons. The van der Waals surface area contributed by atoms with Crippen LogP contribution in [0.15, 0.2) is 23.8 Å². The summed E-state index contributed by atoms with van der Waals surface area (Å²) < 4.78 is 6.36. The normalized spacial score (nSPS) is 23.3. The van der Waals surface area contributed by atoms with E-state index >= 15 is 0 Å². The van der Waals surface area contributed by atoms with Gasteiger partial charge in [-0.15, -0.1) is 10.1 Å². The van der Waals surface area contributed by atoms with Gasteiger partial charge in [0.15, 0.2) is 0 Å². The number of hydrogen-bond donors (Lipinski definition) is 0. The summed E-state index contributed by atoms with van der Waals surface area (Å²) in [5.41, 5.74) is 2.90. The van der Waals surface area contributed by atoms with Crippen LogP contribution < -0.4 is 9.57 Å². The molecule has 26 heavy (non-hydrogen) atoms. The first kappa shape index (κ1) is 18.7. The van der Waals surface area contributed by atoms with Gasteiger partial charge in [-0.3, -0.25) is 4.84 Å². The molecule has 0 saturated heterocycles. The minimum absolute atomic E-state index is 0.0992. The van der Waals surface area contributed by atoms with Crippen LogP contribution in [0.25, 0.3) is 0 Å². The van der Waals surface area contributed by atoms with Crippen molar-refractivity contribution < 1.29 is 14.7 Å². The summed E-state index contributed by atoms with van der Waals surface area (Å²) >= 11 is 0. The van der Waals surface area contributed by atoms with Crippen molar-refractivity contribution in [2.45, 2.75) is 77.7 Å². The molecule has 2 atom stereocenters. The van der Waals surface area contributed by atoms with Gasteiger partial charge in [0.2, 0.25) is 0 Å². The van der Waals surface area contributed by atoms with Crippen LogP contribution in [0.3, 0.4) is 0 Å². The molecule has 3 rings (SSSR count). The molecule has 0 aromatic heterocycles. The molecule has 1 heterocycles. The zero-order valence-corrected chi connectivity index (χ0v) is 16.2. The van der Waals surface area contributed by atoms with Gasteiger partial charge in [0.05, 0.1) is 0 Å². The summed E-state index contributed by atoms with van der Waals surface area (Å²) in [5.74, 6) is 1.48. The summed E-state index contributed by atoms with van der Waals surface area (Å²) in [4.78, 5) is 16.1. The fourth-order valence-corrected chi connectivity index (χ4v) is 4.44. The Balaban J connectivity index is 2.08. The van der Waals surface area contributed by atoms with Crippen LogP contribution in [0.4, 0.5) is 0 Å². The van der Waals surface area contributed by atoms with Crippen LogP contribution in [0.2, 0.25) is 0 Å². The third kappa shape index (κ3) is 3.71. The minimum atomic E-state index is -0.709. The predicted octanol–water partition coefficient (Wildman–Crippen LogP) is 5.60. The van der Waals surface area contributed by atoms with E-state index in [1.165, 1.54) is 5.57 Å². The summed E-state index contributed by atoms with van der Waals surface area (Å²) in [6, 6.07) is 3.90. The van der Waals surface area contributed by atoms with E-state index in [4.69, 9.17) is 9.57 Å². The molecular weight excluding hydrogens is 330 g/mol. The van der Waals surface area contributed by atoms with Crippen molar-refractivity contribution in [3.63, 3.8) is 0 Å². The molecule has 0 fully saturated rings. The van der Waals surface area contributed by atoms with E-state index in [1.54, 1.807) is 0 Å². The average Bonchev–Trinajstić information content (AvgIpc) is 2.53. The van der Waals surface area contributed by atoms with Crippen molar-refractivity contribution >= 4 is 0 Å².